The fourth-order valence-corrected chi connectivity index (χ4v) is 3.18. The molecule has 1 fully saturated rings. The van der Waals surface area contributed by atoms with E-state index in [4.69, 9.17) is 5.11 Å². The van der Waals surface area contributed by atoms with E-state index in [0.29, 0.717) is 32.4 Å². The Hall–Kier alpha value is -2.43. The Labute approximate surface area is 134 Å². The maximum atomic E-state index is 12.4. The number of aryl methyl sites for hydroxylation is 1. The zero-order valence-electron chi connectivity index (χ0n) is 12.9. The number of aliphatic carboxylic acids is 1. The highest BCUT2D eigenvalue weighted by Crippen LogP contribution is 2.20. The summed E-state index contributed by atoms with van der Waals surface area (Å²) in [6.45, 7) is 1.00. The number of piperidine rings is 1. The van der Waals surface area contributed by atoms with Crippen LogP contribution < -0.4 is 0 Å². The first-order chi connectivity index (χ1) is 11.1. The molecule has 1 N–H and O–H groups in total. The number of likely N-dealkylation sites (tertiary alicyclic amines) is 1. The normalized spacial score (nSPS) is 18.1. The van der Waals surface area contributed by atoms with Crippen LogP contribution in [-0.2, 0) is 16.0 Å². The Morgan fingerprint density at radius 1 is 1.26 bits per heavy atom. The Morgan fingerprint density at radius 2 is 2.09 bits per heavy atom. The molecule has 1 saturated heterocycles. The minimum atomic E-state index is -0.803. The second kappa shape index (κ2) is 6.77. The van der Waals surface area contributed by atoms with Crippen molar-refractivity contribution in [2.75, 3.05) is 13.1 Å². The number of aromatic nitrogens is 1. The van der Waals surface area contributed by atoms with Gasteiger partial charge in [-0.2, -0.15) is 0 Å². The van der Waals surface area contributed by atoms with Gasteiger partial charge in [-0.3, -0.25) is 14.6 Å². The molecule has 1 unspecified atom stereocenters. The lowest BCUT2D eigenvalue weighted by molar-refractivity contribution is -0.145. The number of nitrogens with zero attached hydrogens (tertiary/aromatic N) is 2. The van der Waals surface area contributed by atoms with Crippen LogP contribution in [0.5, 0.6) is 0 Å². The summed E-state index contributed by atoms with van der Waals surface area (Å²) >= 11 is 0. The van der Waals surface area contributed by atoms with Gasteiger partial charge in [0.2, 0.25) is 5.91 Å². The summed E-state index contributed by atoms with van der Waals surface area (Å²) in [7, 11) is 0. The molecule has 1 aliphatic heterocycles. The maximum Gasteiger partial charge on any atom is 0.308 e. The van der Waals surface area contributed by atoms with Gasteiger partial charge in [-0.25, -0.2) is 0 Å². The number of rotatable bonds is 4. The van der Waals surface area contributed by atoms with E-state index in [9.17, 15) is 9.59 Å². The number of carbonyl (C=O) groups is 2. The highest BCUT2D eigenvalue weighted by atomic mass is 16.4. The van der Waals surface area contributed by atoms with Crippen LogP contribution in [0.15, 0.2) is 36.5 Å². The van der Waals surface area contributed by atoms with Crippen molar-refractivity contribution in [2.24, 2.45) is 5.92 Å². The Morgan fingerprint density at radius 3 is 2.91 bits per heavy atom. The Bertz CT molecular complexity index is 724. The summed E-state index contributed by atoms with van der Waals surface area (Å²) < 4.78 is 0. The molecule has 5 nitrogen and oxygen atoms in total. The third-order valence-corrected chi connectivity index (χ3v) is 4.47. The van der Waals surface area contributed by atoms with Gasteiger partial charge in [-0.05, 0) is 37.0 Å². The number of benzene rings is 1. The molecule has 0 aliphatic carbocycles. The summed E-state index contributed by atoms with van der Waals surface area (Å²) in [5.41, 5.74) is 2.04. The smallest absolute Gasteiger partial charge is 0.308 e. The molecular formula is C18H20N2O3. The van der Waals surface area contributed by atoms with Gasteiger partial charge in [0.1, 0.15) is 0 Å². The topological polar surface area (TPSA) is 70.5 Å². The van der Waals surface area contributed by atoms with Gasteiger partial charge >= 0.3 is 5.97 Å². The van der Waals surface area contributed by atoms with Crippen LogP contribution in [0.25, 0.3) is 10.9 Å². The molecular weight excluding hydrogens is 292 g/mol. The van der Waals surface area contributed by atoms with Crippen molar-refractivity contribution in [3.8, 4) is 0 Å². The maximum absolute atomic E-state index is 12.4. The summed E-state index contributed by atoms with van der Waals surface area (Å²) in [4.78, 5) is 29.5. The first kappa shape index (κ1) is 15.5. The van der Waals surface area contributed by atoms with Gasteiger partial charge in [0.25, 0.3) is 0 Å². The molecule has 5 heteroatoms. The number of carbonyl (C=O) groups excluding carboxylic acids is 1. The molecule has 2 heterocycles. The third kappa shape index (κ3) is 3.50. The average Bonchev–Trinajstić information content (AvgIpc) is 2.59. The molecule has 1 atom stereocenters. The van der Waals surface area contributed by atoms with Crippen LogP contribution in [0.4, 0.5) is 0 Å². The van der Waals surface area contributed by atoms with Gasteiger partial charge in [0, 0.05) is 31.1 Å². The number of carboxylic acid groups (broad SMARTS) is 1. The van der Waals surface area contributed by atoms with Gasteiger partial charge in [-0.1, -0.05) is 18.2 Å². The van der Waals surface area contributed by atoms with Crippen LogP contribution in [0, 0.1) is 5.92 Å². The highest BCUT2D eigenvalue weighted by molar-refractivity contribution is 5.83. The molecule has 0 radical (unpaired) electrons. The van der Waals surface area contributed by atoms with Gasteiger partial charge in [-0.15, -0.1) is 0 Å². The van der Waals surface area contributed by atoms with Crippen LogP contribution in [0.3, 0.4) is 0 Å². The number of hydrogen-bond donors (Lipinski definition) is 1. The van der Waals surface area contributed by atoms with Crippen molar-refractivity contribution in [3.63, 3.8) is 0 Å². The van der Waals surface area contributed by atoms with Crippen molar-refractivity contribution in [1.29, 1.82) is 0 Å². The fraction of sp³-hybridized carbons (Fsp3) is 0.389. The number of para-hydroxylation sites is 1. The summed E-state index contributed by atoms with van der Waals surface area (Å²) in [5.74, 6) is -1.19. The van der Waals surface area contributed by atoms with Crippen molar-refractivity contribution in [2.45, 2.75) is 25.7 Å². The molecule has 3 rings (SSSR count). The van der Waals surface area contributed by atoms with E-state index < -0.39 is 11.9 Å². The molecule has 1 amide bonds. The van der Waals surface area contributed by atoms with E-state index in [0.717, 1.165) is 22.9 Å². The molecule has 0 spiro atoms. The lowest BCUT2D eigenvalue weighted by Gasteiger charge is -2.30. The number of amides is 1. The summed E-state index contributed by atoms with van der Waals surface area (Å²) in [6, 6.07) is 9.85. The SMILES string of the molecule is O=C(O)C1CCCN(C(=O)CCc2ccnc3ccccc23)C1. The first-order valence-corrected chi connectivity index (χ1v) is 7.98. The quantitative estimate of drug-likeness (QED) is 0.941. The third-order valence-electron chi connectivity index (χ3n) is 4.47. The molecule has 1 aromatic carbocycles. The first-order valence-electron chi connectivity index (χ1n) is 7.98. The number of carboxylic acids is 1. The van der Waals surface area contributed by atoms with Crippen LogP contribution in [0.1, 0.15) is 24.8 Å². The summed E-state index contributed by atoms with van der Waals surface area (Å²) in [6.07, 6.45) is 4.24. The van der Waals surface area contributed by atoms with Crippen LogP contribution in [0.2, 0.25) is 0 Å². The van der Waals surface area contributed by atoms with E-state index in [1.807, 2.05) is 30.3 Å². The standard InChI is InChI=1S/C18H20N2O3/c21-17(20-11-3-4-14(12-20)18(22)23)8-7-13-9-10-19-16-6-2-1-5-15(13)16/h1-2,5-6,9-10,14H,3-4,7-8,11-12H2,(H,22,23). The largest absolute Gasteiger partial charge is 0.481 e. The predicted octanol–water partition coefficient (Wildman–Crippen LogP) is 2.49. The van der Waals surface area contributed by atoms with Crippen LogP contribution in [-0.4, -0.2) is 40.0 Å². The minimum Gasteiger partial charge on any atom is -0.481 e. The number of hydrogen-bond acceptors (Lipinski definition) is 3. The van der Waals surface area contributed by atoms with E-state index in [1.54, 1.807) is 11.1 Å². The molecule has 0 bridgehead atoms. The van der Waals surface area contributed by atoms with Gasteiger partial charge in [0.05, 0.1) is 11.4 Å². The van der Waals surface area contributed by atoms with Crippen molar-refractivity contribution < 1.29 is 14.7 Å². The van der Waals surface area contributed by atoms with E-state index in [-0.39, 0.29) is 5.91 Å². The molecule has 23 heavy (non-hydrogen) atoms. The predicted molar refractivity (Wildman–Crippen MR) is 87.0 cm³/mol. The zero-order valence-corrected chi connectivity index (χ0v) is 12.9. The average molecular weight is 312 g/mol. The Kier molecular flexibility index (Phi) is 4.55. The van der Waals surface area contributed by atoms with Crippen molar-refractivity contribution >= 4 is 22.8 Å². The van der Waals surface area contributed by atoms with Gasteiger partial charge < -0.3 is 10.0 Å². The summed E-state index contributed by atoms with van der Waals surface area (Å²) in [5, 5.41) is 10.2. The zero-order chi connectivity index (χ0) is 16.2. The second-order valence-corrected chi connectivity index (χ2v) is 6.00. The number of fused-ring (bicyclic) bond motifs is 1. The number of pyridine rings is 1. The highest BCUT2D eigenvalue weighted by Gasteiger charge is 2.27. The molecule has 2 aromatic rings. The van der Waals surface area contributed by atoms with Crippen molar-refractivity contribution in [1.82, 2.24) is 9.88 Å². The fourth-order valence-electron chi connectivity index (χ4n) is 3.18. The molecule has 120 valence electrons. The Balaban J connectivity index is 1.65. The molecule has 0 saturated carbocycles. The molecule has 1 aliphatic rings. The monoisotopic (exact) mass is 312 g/mol. The minimum absolute atomic E-state index is 0.0387. The van der Waals surface area contributed by atoms with E-state index >= 15 is 0 Å². The van der Waals surface area contributed by atoms with Crippen LogP contribution >= 0.6 is 0 Å². The molecule has 1 aromatic heterocycles. The van der Waals surface area contributed by atoms with E-state index in [2.05, 4.69) is 4.98 Å². The van der Waals surface area contributed by atoms with E-state index in [1.165, 1.54) is 0 Å². The second-order valence-electron chi connectivity index (χ2n) is 6.00. The van der Waals surface area contributed by atoms with Gasteiger partial charge in [0.15, 0.2) is 0 Å². The lowest BCUT2D eigenvalue weighted by atomic mass is 9.97. The van der Waals surface area contributed by atoms with Crippen molar-refractivity contribution in [3.05, 3.63) is 42.1 Å². The lowest BCUT2D eigenvalue weighted by Crippen LogP contribution is -2.42.